The fraction of sp³-hybridized carbons (Fsp3) is 0.521. The first-order chi connectivity index (χ1) is 30.0. The summed E-state index contributed by atoms with van der Waals surface area (Å²) in [7, 11) is 5.23. The van der Waals surface area contributed by atoms with E-state index in [0.29, 0.717) is 36.1 Å². The molecular weight excluding hydrogens is 785 g/mol. The molecule has 14 heteroatoms. The molecule has 3 amide bonds. The minimum absolute atomic E-state index is 0.0234. The number of amides is 3. The number of hydrogen-bond donors (Lipinski definition) is 1. The summed E-state index contributed by atoms with van der Waals surface area (Å²) in [4.78, 5) is 65.3. The Hall–Kier alpha value is -5.47. The largest absolute Gasteiger partial charge is 0.496 e. The molecule has 14 nitrogen and oxygen atoms in total. The summed E-state index contributed by atoms with van der Waals surface area (Å²) in [6.07, 6.45) is 10.6. The van der Waals surface area contributed by atoms with Gasteiger partial charge in [-0.05, 0) is 119 Å². The number of anilines is 2. The van der Waals surface area contributed by atoms with E-state index in [2.05, 4.69) is 66.3 Å². The second-order valence-corrected chi connectivity index (χ2v) is 18.5. The molecule has 9 rings (SSSR count). The average molecular weight is 845 g/mol. The first-order valence-electron chi connectivity index (χ1n) is 22.4. The van der Waals surface area contributed by atoms with Crippen molar-refractivity contribution in [3.63, 3.8) is 0 Å². The van der Waals surface area contributed by atoms with Crippen LogP contribution < -0.4 is 30.1 Å². The molecule has 5 aliphatic heterocycles. The average Bonchev–Trinajstić information content (AvgIpc) is 3.59. The van der Waals surface area contributed by atoms with Crippen LogP contribution in [0.3, 0.4) is 0 Å². The minimum Gasteiger partial charge on any atom is -0.496 e. The number of imide groups is 1. The molecule has 1 spiro atoms. The number of carbonyl (C=O) groups excluding carboxylic acids is 3. The zero-order chi connectivity index (χ0) is 43.1. The van der Waals surface area contributed by atoms with E-state index in [1.807, 2.05) is 18.0 Å². The van der Waals surface area contributed by atoms with Gasteiger partial charge in [0.2, 0.25) is 12.3 Å². The van der Waals surface area contributed by atoms with Crippen molar-refractivity contribution in [2.45, 2.75) is 71.0 Å². The molecule has 7 heterocycles. The molecule has 5 aliphatic rings. The molecule has 4 fully saturated rings. The Bertz CT molecular complexity index is 2380. The van der Waals surface area contributed by atoms with Crippen LogP contribution in [0.4, 0.5) is 11.5 Å². The molecular formula is C48H60N8O6. The highest BCUT2D eigenvalue weighted by molar-refractivity contribution is 6.00. The summed E-state index contributed by atoms with van der Waals surface area (Å²) in [5.41, 5.74) is 6.14. The molecule has 0 aliphatic carbocycles. The second-order valence-electron chi connectivity index (χ2n) is 18.5. The maximum Gasteiger partial charge on any atom is 0.259 e. The second kappa shape index (κ2) is 17.4. The van der Waals surface area contributed by atoms with Crippen LogP contribution in [0.15, 0.2) is 53.6 Å². The molecule has 328 valence electrons. The van der Waals surface area contributed by atoms with E-state index in [1.54, 1.807) is 32.0 Å². The molecule has 62 heavy (non-hydrogen) atoms. The number of hydrogen-bond acceptors (Lipinski definition) is 11. The van der Waals surface area contributed by atoms with E-state index < -0.39 is 0 Å². The van der Waals surface area contributed by atoms with E-state index in [1.165, 1.54) is 12.8 Å². The van der Waals surface area contributed by atoms with Crippen molar-refractivity contribution in [1.82, 2.24) is 29.6 Å². The molecule has 0 radical (unpaired) electrons. The van der Waals surface area contributed by atoms with Gasteiger partial charge >= 0.3 is 0 Å². The van der Waals surface area contributed by atoms with E-state index >= 15 is 0 Å². The van der Waals surface area contributed by atoms with E-state index in [-0.39, 0.29) is 29.8 Å². The number of likely N-dealkylation sites (tertiary alicyclic amines) is 2. The number of carbonyl (C=O) groups is 3. The fourth-order valence-electron chi connectivity index (χ4n) is 10.5. The normalized spacial score (nSPS) is 19.6. The van der Waals surface area contributed by atoms with Gasteiger partial charge in [0.05, 0.1) is 25.2 Å². The molecule has 0 bridgehead atoms. The van der Waals surface area contributed by atoms with Crippen molar-refractivity contribution >= 4 is 40.5 Å². The van der Waals surface area contributed by atoms with Gasteiger partial charge in [-0.1, -0.05) is 6.07 Å². The van der Waals surface area contributed by atoms with Crippen LogP contribution in [0.1, 0.15) is 73.4 Å². The number of fused-ring (bicyclic) bond motifs is 2. The first kappa shape index (κ1) is 41.9. The van der Waals surface area contributed by atoms with E-state index in [0.717, 1.165) is 141 Å². The summed E-state index contributed by atoms with van der Waals surface area (Å²) in [5, 5.41) is 3.66. The van der Waals surface area contributed by atoms with E-state index in [4.69, 9.17) is 9.47 Å². The van der Waals surface area contributed by atoms with Gasteiger partial charge in [-0.25, -0.2) is 4.98 Å². The number of nitrogens with zero attached hydrogens (tertiary/aromatic N) is 7. The molecule has 4 saturated heterocycles. The quantitative estimate of drug-likeness (QED) is 0.171. The highest BCUT2D eigenvalue weighted by Crippen LogP contribution is 2.44. The number of aryl methyl sites for hydroxylation is 1. The minimum atomic E-state index is -0.320. The van der Waals surface area contributed by atoms with Crippen LogP contribution in [0.5, 0.6) is 11.5 Å². The van der Waals surface area contributed by atoms with Crippen LogP contribution in [0, 0.1) is 11.3 Å². The summed E-state index contributed by atoms with van der Waals surface area (Å²) in [6, 6.07) is 12.5. The summed E-state index contributed by atoms with van der Waals surface area (Å²) < 4.78 is 13.7. The third-order valence-electron chi connectivity index (χ3n) is 14.6. The van der Waals surface area contributed by atoms with Gasteiger partial charge < -0.3 is 33.6 Å². The molecule has 4 aromatic rings. The van der Waals surface area contributed by atoms with Gasteiger partial charge in [-0.15, -0.1) is 0 Å². The summed E-state index contributed by atoms with van der Waals surface area (Å²) in [6.45, 7) is 12.8. The van der Waals surface area contributed by atoms with Crippen LogP contribution >= 0.6 is 0 Å². The van der Waals surface area contributed by atoms with Crippen molar-refractivity contribution in [1.29, 1.82) is 0 Å². The summed E-state index contributed by atoms with van der Waals surface area (Å²) in [5.74, 6) is 2.86. The van der Waals surface area contributed by atoms with Crippen LogP contribution in [-0.2, 0) is 29.7 Å². The SMILES string of the molecule is COc1cc(-c2cn(C)c(=O)c3cnc(N4CCC4)cc23)cc(OC)c1CN1CCC(CN2CCC3(CC2)CN(c2ccc4c(c2)C(=O)N(C(C)CCC(=O)NC=O)C4)C3)CC1. The number of ether oxygens (including phenoxy) is 2. The zero-order valence-corrected chi connectivity index (χ0v) is 36.7. The van der Waals surface area contributed by atoms with Crippen LogP contribution in [0.25, 0.3) is 21.9 Å². The number of pyridine rings is 2. The Labute approximate surface area is 363 Å². The fourth-order valence-corrected chi connectivity index (χ4v) is 10.5. The smallest absolute Gasteiger partial charge is 0.259 e. The lowest BCUT2D eigenvalue weighted by molar-refractivity contribution is -0.125. The number of nitrogens with one attached hydrogen (secondary N) is 1. The van der Waals surface area contributed by atoms with Crippen molar-refractivity contribution in [3.05, 3.63) is 75.8 Å². The number of methoxy groups -OCH3 is 2. The molecule has 1 atom stereocenters. The number of aromatic nitrogens is 2. The van der Waals surface area contributed by atoms with Crippen molar-refractivity contribution < 1.29 is 23.9 Å². The van der Waals surface area contributed by atoms with Gasteiger partial charge in [-0.3, -0.25) is 29.4 Å². The third kappa shape index (κ3) is 8.14. The Morgan fingerprint density at radius 3 is 2.31 bits per heavy atom. The highest BCUT2D eigenvalue weighted by Gasteiger charge is 2.45. The third-order valence-corrected chi connectivity index (χ3v) is 14.6. The predicted octanol–water partition coefficient (Wildman–Crippen LogP) is 5.04. The number of piperidine rings is 2. The van der Waals surface area contributed by atoms with Gasteiger partial charge in [-0.2, -0.15) is 0 Å². The molecule has 2 aromatic carbocycles. The first-order valence-corrected chi connectivity index (χ1v) is 22.4. The molecule has 0 saturated carbocycles. The lowest BCUT2D eigenvalue weighted by Gasteiger charge is -2.55. The maximum absolute atomic E-state index is 13.4. The maximum atomic E-state index is 13.4. The van der Waals surface area contributed by atoms with E-state index in [9.17, 15) is 19.2 Å². The number of rotatable bonds is 14. The molecule has 1 N–H and O–H groups in total. The topological polar surface area (TPSA) is 133 Å². The zero-order valence-electron chi connectivity index (χ0n) is 36.7. The van der Waals surface area contributed by atoms with Gasteiger partial charge in [0, 0.05) is 105 Å². The lowest BCUT2D eigenvalue weighted by Crippen LogP contribution is -2.60. The Morgan fingerprint density at radius 1 is 0.919 bits per heavy atom. The molecule has 2 aromatic heterocycles. The Morgan fingerprint density at radius 2 is 1.65 bits per heavy atom. The Kier molecular flexibility index (Phi) is 11.7. The standard InChI is InChI=1S/C48H60N8O6/c1-32(6-9-45(58)50-31-57)56-26-34-7-8-36(22-37(34)47(56)60)55-29-48(30-55)12-18-53(19-13-48)25-33-10-16-52(17-11-33)28-41-42(61-3)20-35(21-43(41)62-4)40-27-51(2)46(59)39-24-49-44(23-38(39)40)54-14-5-15-54/h7-8,20-24,27,31-33H,5-6,9-19,25-26,28-30H2,1-4H3,(H,50,57,58). The van der Waals surface area contributed by atoms with Crippen molar-refractivity contribution in [2.24, 2.45) is 18.4 Å². The highest BCUT2D eigenvalue weighted by atomic mass is 16.5. The van der Waals surface area contributed by atoms with Crippen LogP contribution in [0.2, 0.25) is 0 Å². The monoisotopic (exact) mass is 844 g/mol. The van der Waals surface area contributed by atoms with Crippen molar-refractivity contribution in [2.75, 3.05) is 82.9 Å². The summed E-state index contributed by atoms with van der Waals surface area (Å²) >= 11 is 0. The predicted molar refractivity (Wildman–Crippen MR) is 240 cm³/mol. The Balaban J connectivity index is 0.766. The van der Waals surface area contributed by atoms with Gasteiger partial charge in [0.25, 0.3) is 11.5 Å². The van der Waals surface area contributed by atoms with Crippen LogP contribution in [-0.4, -0.2) is 122 Å². The molecule has 1 unspecified atom stereocenters. The number of benzene rings is 2. The lowest BCUT2D eigenvalue weighted by atomic mass is 9.71. The van der Waals surface area contributed by atoms with Crippen molar-refractivity contribution in [3.8, 4) is 22.6 Å². The van der Waals surface area contributed by atoms with Gasteiger partial charge in [0.15, 0.2) is 0 Å². The van der Waals surface area contributed by atoms with Gasteiger partial charge in [0.1, 0.15) is 17.3 Å².